The van der Waals surface area contributed by atoms with Gasteiger partial charge in [-0.1, -0.05) is 11.6 Å². The van der Waals surface area contributed by atoms with Crippen molar-refractivity contribution in [3.8, 4) is 17.2 Å². The zero-order valence-corrected chi connectivity index (χ0v) is 16.8. The lowest BCUT2D eigenvalue weighted by atomic mass is 9.99. The summed E-state index contributed by atoms with van der Waals surface area (Å²) in [6, 6.07) is 10.4. The molecule has 0 spiro atoms. The minimum absolute atomic E-state index is 0.0353. The molecule has 3 aromatic rings. The van der Waals surface area contributed by atoms with Gasteiger partial charge in [0, 0.05) is 28.6 Å². The van der Waals surface area contributed by atoms with Crippen LogP contribution in [0.1, 0.15) is 21.6 Å². The highest BCUT2D eigenvalue weighted by Crippen LogP contribution is 2.36. The lowest BCUT2D eigenvalue weighted by molar-refractivity contribution is -0.131. The molecule has 6 nitrogen and oxygen atoms in total. The molecule has 0 saturated carbocycles. The van der Waals surface area contributed by atoms with Crippen LogP contribution in [0.25, 0.3) is 11.8 Å². The third kappa shape index (κ3) is 4.06. The number of hydrogen-bond acceptors (Lipinski definition) is 4. The molecule has 2 aromatic carbocycles. The highest BCUT2D eigenvalue weighted by Gasteiger charge is 2.26. The van der Waals surface area contributed by atoms with Gasteiger partial charge < -0.3 is 19.1 Å². The van der Waals surface area contributed by atoms with Crippen molar-refractivity contribution >= 4 is 29.4 Å². The van der Waals surface area contributed by atoms with Crippen LogP contribution < -0.4 is 9.47 Å². The third-order valence-electron chi connectivity index (χ3n) is 4.36. The lowest BCUT2D eigenvalue weighted by Crippen LogP contribution is -2.12. The van der Waals surface area contributed by atoms with Crippen LogP contribution in [-0.4, -0.2) is 35.6 Å². The summed E-state index contributed by atoms with van der Waals surface area (Å²) in [6.45, 7) is 0. The molecule has 0 aliphatic carbocycles. The second kappa shape index (κ2) is 8.84. The van der Waals surface area contributed by atoms with Crippen LogP contribution in [0.4, 0.5) is 4.39 Å². The molecule has 3 rings (SSSR count). The molecule has 1 N–H and O–H groups in total. The summed E-state index contributed by atoms with van der Waals surface area (Å²) < 4.78 is 26.7. The number of nitrogens with zero attached hydrogens (tertiary/aromatic N) is 1. The predicted molar refractivity (Wildman–Crippen MR) is 110 cm³/mol. The van der Waals surface area contributed by atoms with Crippen molar-refractivity contribution in [2.24, 2.45) is 0 Å². The number of rotatable bonds is 7. The molecule has 1 aromatic heterocycles. The van der Waals surface area contributed by atoms with E-state index in [0.717, 1.165) is 12.1 Å². The maximum Gasteiger partial charge on any atom is 0.328 e. The monoisotopic (exact) mass is 429 g/mol. The average Bonchev–Trinajstić information content (AvgIpc) is 3.19. The summed E-state index contributed by atoms with van der Waals surface area (Å²) in [4.78, 5) is 24.3. The Balaban J connectivity index is 2.21. The van der Waals surface area contributed by atoms with Gasteiger partial charge in [-0.05, 0) is 48.5 Å². The van der Waals surface area contributed by atoms with Crippen molar-refractivity contribution in [3.63, 3.8) is 0 Å². The van der Waals surface area contributed by atoms with Crippen molar-refractivity contribution in [2.45, 2.75) is 0 Å². The SMILES string of the molecule is COc1ccc(F)c(C(=O)c2cc(Cl)ccc2-n2cccc2/C=C/C(=O)O)c1OC. The van der Waals surface area contributed by atoms with E-state index < -0.39 is 17.6 Å². The van der Waals surface area contributed by atoms with Crippen LogP contribution in [0.5, 0.6) is 11.5 Å². The Morgan fingerprint density at radius 3 is 2.57 bits per heavy atom. The first-order valence-electron chi connectivity index (χ1n) is 8.70. The number of aromatic nitrogens is 1. The molecule has 154 valence electrons. The van der Waals surface area contributed by atoms with Gasteiger partial charge in [0.25, 0.3) is 0 Å². The van der Waals surface area contributed by atoms with Crippen LogP contribution in [0.3, 0.4) is 0 Å². The van der Waals surface area contributed by atoms with Crippen molar-refractivity contribution in [2.75, 3.05) is 14.2 Å². The minimum atomic E-state index is -1.11. The summed E-state index contributed by atoms with van der Waals surface area (Å²) in [7, 11) is 2.70. The minimum Gasteiger partial charge on any atom is -0.493 e. The van der Waals surface area contributed by atoms with Crippen molar-refractivity contribution in [1.29, 1.82) is 0 Å². The molecule has 8 heteroatoms. The first kappa shape index (κ1) is 21.1. The Morgan fingerprint density at radius 1 is 1.13 bits per heavy atom. The second-order valence-corrected chi connectivity index (χ2v) is 6.56. The molecule has 0 unspecified atom stereocenters. The molecule has 30 heavy (non-hydrogen) atoms. The number of carboxylic acid groups (broad SMARTS) is 1. The van der Waals surface area contributed by atoms with Gasteiger partial charge in [0.05, 0.1) is 19.9 Å². The number of carboxylic acids is 1. The molecule has 0 bridgehead atoms. The molecule has 0 radical (unpaired) electrons. The van der Waals surface area contributed by atoms with Gasteiger partial charge in [-0.25, -0.2) is 9.18 Å². The first-order chi connectivity index (χ1) is 14.4. The first-order valence-corrected chi connectivity index (χ1v) is 9.08. The van der Waals surface area contributed by atoms with E-state index in [2.05, 4.69) is 0 Å². The van der Waals surface area contributed by atoms with E-state index in [0.29, 0.717) is 11.4 Å². The molecular weight excluding hydrogens is 413 g/mol. The Kier molecular flexibility index (Phi) is 6.23. The van der Waals surface area contributed by atoms with Gasteiger partial charge in [-0.2, -0.15) is 0 Å². The third-order valence-corrected chi connectivity index (χ3v) is 4.60. The fourth-order valence-corrected chi connectivity index (χ4v) is 3.23. The van der Waals surface area contributed by atoms with E-state index in [1.54, 1.807) is 35.0 Å². The summed E-state index contributed by atoms with van der Waals surface area (Å²) in [5.74, 6) is -2.38. The van der Waals surface area contributed by atoms with Crippen LogP contribution in [0.2, 0.25) is 5.02 Å². The van der Waals surface area contributed by atoms with E-state index in [9.17, 15) is 14.0 Å². The van der Waals surface area contributed by atoms with Crippen LogP contribution >= 0.6 is 11.6 Å². The fraction of sp³-hybridized carbons (Fsp3) is 0.0909. The quantitative estimate of drug-likeness (QED) is 0.438. The second-order valence-electron chi connectivity index (χ2n) is 6.12. The van der Waals surface area contributed by atoms with Crippen LogP contribution in [0.15, 0.2) is 54.7 Å². The largest absolute Gasteiger partial charge is 0.493 e. The number of halogens is 2. The maximum atomic E-state index is 14.7. The Bertz CT molecular complexity index is 1150. The van der Waals surface area contributed by atoms with Gasteiger partial charge in [-0.15, -0.1) is 0 Å². The topological polar surface area (TPSA) is 77.8 Å². The van der Waals surface area contributed by atoms with Gasteiger partial charge in [-0.3, -0.25) is 4.79 Å². The van der Waals surface area contributed by atoms with E-state index in [-0.39, 0.29) is 27.6 Å². The zero-order valence-electron chi connectivity index (χ0n) is 16.1. The molecular formula is C22H17ClFNO5. The molecule has 0 aliphatic rings. The van der Waals surface area contributed by atoms with Gasteiger partial charge >= 0.3 is 5.97 Å². The standard InChI is InChI=1S/C22H17ClFNO5/c1-29-18-9-7-16(24)20(22(18)30-2)21(28)15-12-13(23)5-8-17(15)25-11-3-4-14(25)6-10-19(26)27/h3-12H,1-2H3,(H,26,27)/b10-6+. The van der Waals surface area contributed by atoms with Crippen molar-refractivity contribution in [3.05, 3.63) is 82.4 Å². The normalized spacial score (nSPS) is 10.9. The van der Waals surface area contributed by atoms with E-state index in [1.807, 2.05) is 0 Å². The van der Waals surface area contributed by atoms with Crippen molar-refractivity contribution in [1.82, 2.24) is 4.57 Å². The zero-order chi connectivity index (χ0) is 21.8. The maximum absolute atomic E-state index is 14.7. The number of hydrogen-bond donors (Lipinski definition) is 1. The number of methoxy groups -OCH3 is 2. The summed E-state index contributed by atoms with van der Waals surface area (Å²) in [6.07, 6.45) is 4.02. The van der Waals surface area contributed by atoms with E-state index in [4.69, 9.17) is 26.2 Å². The molecule has 0 saturated heterocycles. The van der Waals surface area contributed by atoms with Gasteiger partial charge in [0.1, 0.15) is 11.4 Å². The summed E-state index contributed by atoms with van der Waals surface area (Å²) >= 11 is 6.12. The smallest absolute Gasteiger partial charge is 0.328 e. The molecule has 0 amide bonds. The molecule has 0 fully saturated rings. The summed E-state index contributed by atoms with van der Waals surface area (Å²) in [5.41, 5.74) is 0.708. The highest BCUT2D eigenvalue weighted by atomic mass is 35.5. The van der Waals surface area contributed by atoms with E-state index >= 15 is 0 Å². The Labute approximate surface area is 176 Å². The van der Waals surface area contributed by atoms with Crippen LogP contribution in [-0.2, 0) is 4.79 Å². The number of aliphatic carboxylic acids is 1. The van der Waals surface area contributed by atoms with E-state index in [1.165, 1.54) is 32.4 Å². The molecule has 1 heterocycles. The number of carbonyl (C=O) groups excluding carboxylic acids is 1. The number of ether oxygens (including phenoxy) is 2. The molecule has 0 atom stereocenters. The molecule has 0 aliphatic heterocycles. The predicted octanol–water partition coefficient (Wildman–Crippen LogP) is 4.62. The van der Waals surface area contributed by atoms with Crippen LogP contribution in [0, 0.1) is 5.82 Å². The van der Waals surface area contributed by atoms with Gasteiger partial charge in [0.15, 0.2) is 11.5 Å². The number of benzene rings is 2. The average molecular weight is 430 g/mol. The number of ketones is 1. The summed E-state index contributed by atoms with van der Waals surface area (Å²) in [5, 5.41) is 9.18. The Morgan fingerprint density at radius 2 is 1.90 bits per heavy atom. The Hall–Kier alpha value is -3.58. The highest BCUT2D eigenvalue weighted by molar-refractivity contribution is 6.31. The van der Waals surface area contributed by atoms with Crippen molar-refractivity contribution < 1.29 is 28.6 Å². The lowest BCUT2D eigenvalue weighted by Gasteiger charge is -2.16. The van der Waals surface area contributed by atoms with Gasteiger partial charge in [0.2, 0.25) is 5.78 Å². The number of carbonyl (C=O) groups is 2. The fourth-order valence-electron chi connectivity index (χ4n) is 3.06.